The molecule has 3 fully saturated rings. The summed E-state index contributed by atoms with van der Waals surface area (Å²) in [6.45, 7) is 4.94. The number of likely N-dealkylation sites (tertiary alicyclic amines) is 1. The molecule has 8 heteroatoms. The highest BCUT2D eigenvalue weighted by Gasteiger charge is 2.55. The number of pyridine rings is 1. The Morgan fingerprint density at radius 1 is 1.03 bits per heavy atom. The molecule has 164 valence electrons. The number of nitrogens with zero attached hydrogens (tertiary/aromatic N) is 4. The normalized spacial score (nSPS) is 26.5. The molecule has 2 amide bonds. The van der Waals surface area contributed by atoms with Crippen LogP contribution in [-0.4, -0.2) is 79.1 Å². The minimum absolute atomic E-state index is 0.0336. The molecule has 5 rings (SSSR count). The second kappa shape index (κ2) is 8.34. The molecular weight excluding hydrogens is 396 g/mol. The Balaban J connectivity index is 1.45. The SMILES string of the molecule is O=C(c1ccco1)N1CCC[C@]2(C(=O)N3CCOCC3)CN(c3ccccn3)C[C@@H]2C1. The molecule has 0 bridgehead atoms. The number of carbonyl (C=O) groups excluding carboxylic acids is 2. The number of ether oxygens (including phenoxy) is 1. The van der Waals surface area contributed by atoms with Crippen molar-refractivity contribution in [1.29, 1.82) is 0 Å². The number of fused-ring (bicyclic) bond motifs is 1. The van der Waals surface area contributed by atoms with E-state index in [2.05, 4.69) is 9.88 Å². The second-order valence-electron chi connectivity index (χ2n) is 8.66. The first-order valence-electron chi connectivity index (χ1n) is 11.0. The van der Waals surface area contributed by atoms with Gasteiger partial charge >= 0.3 is 0 Å². The Kier molecular flexibility index (Phi) is 5.40. The van der Waals surface area contributed by atoms with Crippen LogP contribution in [0.5, 0.6) is 0 Å². The van der Waals surface area contributed by atoms with Gasteiger partial charge in [0.05, 0.1) is 24.9 Å². The summed E-state index contributed by atoms with van der Waals surface area (Å²) in [4.78, 5) is 37.5. The third kappa shape index (κ3) is 3.69. The predicted octanol–water partition coefficient (Wildman–Crippen LogP) is 1.89. The van der Waals surface area contributed by atoms with Crippen LogP contribution in [0.1, 0.15) is 23.4 Å². The van der Waals surface area contributed by atoms with Gasteiger partial charge in [-0.3, -0.25) is 9.59 Å². The van der Waals surface area contributed by atoms with E-state index in [0.29, 0.717) is 58.2 Å². The zero-order valence-electron chi connectivity index (χ0n) is 17.6. The topological polar surface area (TPSA) is 79.1 Å². The van der Waals surface area contributed by atoms with E-state index in [9.17, 15) is 9.59 Å². The van der Waals surface area contributed by atoms with E-state index < -0.39 is 5.41 Å². The summed E-state index contributed by atoms with van der Waals surface area (Å²) in [6, 6.07) is 9.30. The molecule has 2 aromatic heterocycles. The largest absolute Gasteiger partial charge is 0.459 e. The van der Waals surface area contributed by atoms with Crippen molar-refractivity contribution in [3.63, 3.8) is 0 Å². The molecule has 0 aliphatic carbocycles. The smallest absolute Gasteiger partial charge is 0.289 e. The number of anilines is 1. The summed E-state index contributed by atoms with van der Waals surface area (Å²) in [5.74, 6) is 1.37. The standard InChI is InChI=1S/C23H28N4O4/c28-21(19-5-3-12-31-19)26-9-4-7-23(22(29)25-10-13-30-14-11-25)17-27(16-18(23)15-26)20-6-1-2-8-24-20/h1-3,5-6,8,12,18H,4,7,9-11,13-17H2/t18-,23-/m0/s1. The van der Waals surface area contributed by atoms with Crippen LogP contribution in [-0.2, 0) is 9.53 Å². The third-order valence-corrected chi connectivity index (χ3v) is 6.90. The second-order valence-corrected chi connectivity index (χ2v) is 8.66. The van der Waals surface area contributed by atoms with Gasteiger partial charge in [-0.15, -0.1) is 0 Å². The highest BCUT2D eigenvalue weighted by molar-refractivity contribution is 5.92. The van der Waals surface area contributed by atoms with E-state index >= 15 is 0 Å². The van der Waals surface area contributed by atoms with Crippen molar-refractivity contribution in [2.24, 2.45) is 11.3 Å². The highest BCUT2D eigenvalue weighted by Crippen LogP contribution is 2.45. The summed E-state index contributed by atoms with van der Waals surface area (Å²) in [5, 5.41) is 0. The first-order chi connectivity index (χ1) is 15.2. The number of hydrogen-bond acceptors (Lipinski definition) is 6. The average molecular weight is 425 g/mol. The van der Waals surface area contributed by atoms with Crippen LogP contribution >= 0.6 is 0 Å². The first kappa shape index (κ1) is 20.1. The lowest BCUT2D eigenvalue weighted by atomic mass is 9.73. The molecule has 5 heterocycles. The fraction of sp³-hybridized carbons (Fsp3) is 0.522. The van der Waals surface area contributed by atoms with Gasteiger partial charge in [-0.1, -0.05) is 6.07 Å². The minimum Gasteiger partial charge on any atom is -0.459 e. The molecule has 3 saturated heterocycles. The molecule has 0 saturated carbocycles. The maximum atomic E-state index is 13.9. The molecule has 8 nitrogen and oxygen atoms in total. The van der Waals surface area contributed by atoms with E-state index in [-0.39, 0.29) is 17.7 Å². The fourth-order valence-corrected chi connectivity index (χ4v) is 5.32. The van der Waals surface area contributed by atoms with E-state index in [1.54, 1.807) is 18.3 Å². The fourth-order valence-electron chi connectivity index (χ4n) is 5.32. The highest BCUT2D eigenvalue weighted by atomic mass is 16.5. The maximum absolute atomic E-state index is 13.9. The van der Waals surface area contributed by atoms with Crippen molar-refractivity contribution in [2.75, 3.05) is 57.4 Å². The lowest BCUT2D eigenvalue weighted by Crippen LogP contribution is -2.53. The molecule has 2 aromatic rings. The van der Waals surface area contributed by atoms with E-state index in [4.69, 9.17) is 9.15 Å². The number of furan rings is 1. The van der Waals surface area contributed by atoms with Crippen LogP contribution in [0, 0.1) is 11.3 Å². The Labute approximate surface area is 181 Å². The molecule has 0 spiro atoms. The number of hydrogen-bond donors (Lipinski definition) is 0. The maximum Gasteiger partial charge on any atom is 0.289 e. The van der Waals surface area contributed by atoms with Gasteiger partial charge in [-0.05, 0) is 37.1 Å². The van der Waals surface area contributed by atoms with E-state index in [0.717, 1.165) is 18.7 Å². The molecule has 0 N–H and O–H groups in total. The quantitative estimate of drug-likeness (QED) is 0.749. The van der Waals surface area contributed by atoms with Crippen molar-refractivity contribution in [3.05, 3.63) is 48.6 Å². The summed E-state index contributed by atoms with van der Waals surface area (Å²) in [6.07, 6.45) is 4.86. The Hall–Kier alpha value is -2.87. The van der Waals surface area contributed by atoms with Crippen molar-refractivity contribution >= 4 is 17.6 Å². The van der Waals surface area contributed by atoms with Crippen LogP contribution in [0.3, 0.4) is 0 Å². The van der Waals surface area contributed by atoms with Crippen molar-refractivity contribution < 1.29 is 18.7 Å². The van der Waals surface area contributed by atoms with Gasteiger partial charge in [0.25, 0.3) is 5.91 Å². The van der Waals surface area contributed by atoms with Crippen LogP contribution in [0.15, 0.2) is 47.2 Å². The first-order valence-corrected chi connectivity index (χ1v) is 11.0. The van der Waals surface area contributed by atoms with E-state index in [1.165, 1.54) is 6.26 Å². The number of aromatic nitrogens is 1. The zero-order chi connectivity index (χ0) is 21.3. The van der Waals surface area contributed by atoms with Gasteiger partial charge in [0.2, 0.25) is 5.91 Å². The van der Waals surface area contributed by atoms with Crippen LogP contribution in [0.25, 0.3) is 0 Å². The van der Waals surface area contributed by atoms with Crippen LogP contribution < -0.4 is 4.90 Å². The number of morpholine rings is 1. The molecule has 3 aliphatic rings. The zero-order valence-corrected chi connectivity index (χ0v) is 17.6. The summed E-state index contributed by atoms with van der Waals surface area (Å²) in [5.41, 5.74) is -0.521. The van der Waals surface area contributed by atoms with Crippen LogP contribution in [0.4, 0.5) is 5.82 Å². The summed E-state index contributed by atoms with van der Waals surface area (Å²) in [7, 11) is 0. The molecule has 0 radical (unpaired) electrons. The van der Waals surface area contributed by atoms with Crippen molar-refractivity contribution in [1.82, 2.24) is 14.8 Å². The molecule has 0 unspecified atom stereocenters. The van der Waals surface area contributed by atoms with Gasteiger partial charge in [-0.2, -0.15) is 0 Å². The monoisotopic (exact) mass is 424 g/mol. The lowest BCUT2D eigenvalue weighted by molar-refractivity contribution is -0.148. The van der Waals surface area contributed by atoms with Gasteiger partial charge in [0.15, 0.2) is 5.76 Å². The lowest BCUT2D eigenvalue weighted by Gasteiger charge is -2.38. The van der Waals surface area contributed by atoms with Gasteiger partial charge in [0, 0.05) is 51.4 Å². The van der Waals surface area contributed by atoms with E-state index in [1.807, 2.05) is 28.0 Å². The average Bonchev–Trinajstić information content (AvgIpc) is 3.45. The van der Waals surface area contributed by atoms with Crippen molar-refractivity contribution in [2.45, 2.75) is 12.8 Å². The van der Waals surface area contributed by atoms with Gasteiger partial charge in [0.1, 0.15) is 5.82 Å². The molecule has 3 aliphatic heterocycles. The molecule has 31 heavy (non-hydrogen) atoms. The Morgan fingerprint density at radius 2 is 1.90 bits per heavy atom. The predicted molar refractivity (Wildman–Crippen MR) is 114 cm³/mol. The third-order valence-electron chi connectivity index (χ3n) is 6.90. The Bertz CT molecular complexity index is 913. The molecule has 0 aromatic carbocycles. The minimum atomic E-state index is -0.521. The number of rotatable bonds is 3. The van der Waals surface area contributed by atoms with Crippen molar-refractivity contribution in [3.8, 4) is 0 Å². The van der Waals surface area contributed by atoms with Gasteiger partial charge < -0.3 is 23.9 Å². The number of carbonyl (C=O) groups is 2. The summed E-state index contributed by atoms with van der Waals surface area (Å²) >= 11 is 0. The van der Waals surface area contributed by atoms with Gasteiger partial charge in [-0.25, -0.2) is 4.98 Å². The Morgan fingerprint density at radius 3 is 2.65 bits per heavy atom. The molecular formula is C23H28N4O4. The van der Waals surface area contributed by atoms with Crippen LogP contribution in [0.2, 0.25) is 0 Å². The number of amides is 2. The molecule has 2 atom stereocenters. The summed E-state index contributed by atoms with van der Waals surface area (Å²) < 4.78 is 10.8.